The van der Waals surface area contributed by atoms with Crippen molar-refractivity contribution in [3.05, 3.63) is 0 Å². The van der Waals surface area contributed by atoms with Crippen molar-refractivity contribution in [3.8, 4) is 0 Å². The van der Waals surface area contributed by atoms with Gasteiger partial charge in [-0.25, -0.2) is 0 Å². The monoisotopic (exact) mass is 234 g/mol. The normalized spacial score (nSPS) is 12.6. The van der Waals surface area contributed by atoms with Gasteiger partial charge in [-0.05, 0) is 12.8 Å². The molecule has 1 unspecified atom stereocenters. The first-order valence-electron chi connectivity index (χ1n) is 5.79. The summed E-state index contributed by atoms with van der Waals surface area (Å²) < 4.78 is 0. The Morgan fingerprint density at radius 2 is 1.62 bits per heavy atom. The molecule has 0 heterocycles. The van der Waals surface area contributed by atoms with Crippen LogP contribution < -0.4 is 0 Å². The van der Waals surface area contributed by atoms with Crippen LogP contribution in [0, 0.1) is 11.3 Å². The third-order valence-corrected chi connectivity index (χ3v) is 2.34. The lowest BCUT2D eigenvalue weighted by Gasteiger charge is -2.16. The summed E-state index contributed by atoms with van der Waals surface area (Å²) in [6, 6.07) is 0. The zero-order chi connectivity index (χ0) is 13.2. The lowest BCUT2D eigenvalue weighted by Crippen LogP contribution is -2.20. The second kappa shape index (κ2) is 9.60. The van der Waals surface area contributed by atoms with Crippen LogP contribution in [0.15, 0.2) is 0 Å². The molecular formula is C12H26O4. The molecule has 0 aromatic rings. The van der Waals surface area contributed by atoms with Crippen LogP contribution in [-0.2, 0) is 4.79 Å². The zero-order valence-electron chi connectivity index (χ0n) is 10.9. The minimum Gasteiger partial charge on any atom is -0.481 e. The van der Waals surface area contributed by atoms with E-state index in [4.69, 9.17) is 15.3 Å². The molecule has 0 radical (unpaired) electrons. The highest BCUT2D eigenvalue weighted by Crippen LogP contribution is 2.10. The van der Waals surface area contributed by atoms with Crippen LogP contribution in [0.3, 0.4) is 0 Å². The molecule has 0 spiro atoms. The van der Waals surface area contributed by atoms with Gasteiger partial charge in [0.25, 0.3) is 0 Å². The summed E-state index contributed by atoms with van der Waals surface area (Å²) >= 11 is 0. The standard InChI is InChI=1S/C7H14O2.C5H12O2/c1-3-5-6(4-2)7(8)9;1-5(2,3-6)4-7/h6H,3-5H2,1-2H3,(H,8,9);6-7H,3-4H2,1-2H3. The maximum Gasteiger partial charge on any atom is 0.306 e. The second-order valence-corrected chi connectivity index (χ2v) is 4.71. The van der Waals surface area contributed by atoms with Crippen LogP contribution in [0.5, 0.6) is 0 Å². The molecule has 0 aliphatic heterocycles. The zero-order valence-corrected chi connectivity index (χ0v) is 10.9. The molecule has 0 fully saturated rings. The number of hydrogen-bond donors (Lipinski definition) is 3. The van der Waals surface area contributed by atoms with Gasteiger partial charge < -0.3 is 15.3 Å². The number of carboxylic acid groups (broad SMARTS) is 1. The van der Waals surface area contributed by atoms with E-state index >= 15 is 0 Å². The molecule has 0 rings (SSSR count). The van der Waals surface area contributed by atoms with Gasteiger partial charge in [-0.3, -0.25) is 4.79 Å². The third kappa shape index (κ3) is 9.93. The largest absolute Gasteiger partial charge is 0.481 e. The molecule has 0 amide bonds. The van der Waals surface area contributed by atoms with Crippen molar-refractivity contribution in [2.24, 2.45) is 11.3 Å². The highest BCUT2D eigenvalue weighted by Gasteiger charge is 2.13. The number of aliphatic hydroxyl groups excluding tert-OH is 2. The Hall–Kier alpha value is -0.610. The Balaban J connectivity index is 0. The van der Waals surface area contributed by atoms with E-state index in [0.717, 1.165) is 19.3 Å². The third-order valence-electron chi connectivity index (χ3n) is 2.34. The van der Waals surface area contributed by atoms with Crippen LogP contribution in [-0.4, -0.2) is 34.5 Å². The summed E-state index contributed by atoms with van der Waals surface area (Å²) in [5.74, 6) is -0.769. The summed E-state index contributed by atoms with van der Waals surface area (Å²) in [6.07, 6.45) is 2.53. The summed E-state index contributed by atoms with van der Waals surface area (Å²) in [5.41, 5.74) is -0.306. The first-order valence-corrected chi connectivity index (χ1v) is 5.79. The van der Waals surface area contributed by atoms with Crippen LogP contribution >= 0.6 is 0 Å². The molecule has 0 aromatic heterocycles. The molecule has 4 heteroatoms. The first kappa shape index (κ1) is 17.8. The molecule has 3 N–H and O–H groups in total. The Morgan fingerprint density at radius 1 is 1.19 bits per heavy atom. The lowest BCUT2D eigenvalue weighted by molar-refractivity contribution is -0.142. The van der Waals surface area contributed by atoms with Crippen LogP contribution in [0.4, 0.5) is 0 Å². The van der Waals surface area contributed by atoms with Gasteiger partial charge in [0.05, 0.1) is 19.1 Å². The Labute approximate surface area is 98.3 Å². The maximum atomic E-state index is 10.3. The van der Waals surface area contributed by atoms with E-state index in [1.54, 1.807) is 13.8 Å². The molecule has 0 bridgehead atoms. The first-order chi connectivity index (χ1) is 7.34. The number of aliphatic hydroxyl groups is 2. The molecule has 0 aliphatic carbocycles. The number of carbonyl (C=O) groups is 1. The van der Waals surface area contributed by atoms with Crippen molar-refractivity contribution >= 4 is 5.97 Å². The minimum absolute atomic E-state index is 0.0451. The van der Waals surface area contributed by atoms with E-state index in [1.165, 1.54) is 0 Å². The van der Waals surface area contributed by atoms with Gasteiger partial charge in [0.15, 0.2) is 0 Å². The van der Waals surface area contributed by atoms with Crippen molar-refractivity contribution in [1.29, 1.82) is 0 Å². The fraction of sp³-hybridized carbons (Fsp3) is 0.917. The highest BCUT2D eigenvalue weighted by molar-refractivity contribution is 5.69. The number of rotatable bonds is 6. The number of carboxylic acids is 1. The summed E-state index contributed by atoms with van der Waals surface area (Å²) in [4.78, 5) is 10.3. The summed E-state index contributed by atoms with van der Waals surface area (Å²) in [6.45, 7) is 7.60. The van der Waals surface area contributed by atoms with Crippen molar-refractivity contribution < 1.29 is 20.1 Å². The fourth-order valence-corrected chi connectivity index (χ4v) is 0.901. The maximum absolute atomic E-state index is 10.3. The Bertz CT molecular complexity index is 172. The topological polar surface area (TPSA) is 77.8 Å². The van der Waals surface area contributed by atoms with Crippen LogP contribution in [0.1, 0.15) is 47.0 Å². The number of aliphatic carboxylic acids is 1. The van der Waals surface area contributed by atoms with Gasteiger partial charge in [-0.15, -0.1) is 0 Å². The molecule has 0 saturated carbocycles. The fourth-order valence-electron chi connectivity index (χ4n) is 0.901. The molecule has 4 nitrogen and oxygen atoms in total. The molecule has 16 heavy (non-hydrogen) atoms. The smallest absolute Gasteiger partial charge is 0.306 e. The van der Waals surface area contributed by atoms with Crippen LogP contribution in [0.25, 0.3) is 0 Å². The molecular weight excluding hydrogens is 208 g/mol. The summed E-state index contributed by atoms with van der Waals surface area (Å²) in [5, 5.41) is 25.4. The minimum atomic E-state index is -0.653. The van der Waals surface area contributed by atoms with Crippen molar-refractivity contribution in [3.63, 3.8) is 0 Å². The van der Waals surface area contributed by atoms with Crippen LogP contribution in [0.2, 0.25) is 0 Å². The SMILES string of the molecule is CC(C)(CO)CO.CCCC(CC)C(=O)O. The summed E-state index contributed by atoms with van der Waals surface area (Å²) in [7, 11) is 0. The van der Waals surface area contributed by atoms with E-state index in [0.29, 0.717) is 0 Å². The van der Waals surface area contributed by atoms with E-state index in [-0.39, 0.29) is 24.5 Å². The van der Waals surface area contributed by atoms with Gasteiger partial charge >= 0.3 is 5.97 Å². The number of hydrogen-bond acceptors (Lipinski definition) is 3. The van der Waals surface area contributed by atoms with Gasteiger partial charge in [0.1, 0.15) is 0 Å². The predicted octanol–water partition coefficient (Wildman–Crippen LogP) is 1.89. The quantitative estimate of drug-likeness (QED) is 0.656. The Morgan fingerprint density at radius 3 is 1.69 bits per heavy atom. The second-order valence-electron chi connectivity index (χ2n) is 4.71. The lowest BCUT2D eigenvalue weighted by atomic mass is 9.97. The molecule has 1 atom stereocenters. The van der Waals surface area contributed by atoms with Gasteiger partial charge in [0, 0.05) is 5.41 Å². The van der Waals surface area contributed by atoms with Gasteiger partial charge in [0.2, 0.25) is 0 Å². The molecule has 98 valence electrons. The molecule has 0 aliphatic rings. The van der Waals surface area contributed by atoms with Crippen molar-refractivity contribution in [2.75, 3.05) is 13.2 Å². The molecule has 0 saturated heterocycles. The van der Waals surface area contributed by atoms with E-state index < -0.39 is 5.97 Å². The Kier molecular flexibility index (Phi) is 10.7. The van der Waals surface area contributed by atoms with E-state index in [2.05, 4.69) is 0 Å². The average molecular weight is 234 g/mol. The van der Waals surface area contributed by atoms with Crippen molar-refractivity contribution in [1.82, 2.24) is 0 Å². The van der Waals surface area contributed by atoms with Gasteiger partial charge in [-0.1, -0.05) is 34.1 Å². The average Bonchev–Trinajstić information content (AvgIpc) is 2.26. The van der Waals surface area contributed by atoms with Crippen molar-refractivity contribution in [2.45, 2.75) is 47.0 Å². The predicted molar refractivity (Wildman–Crippen MR) is 64.3 cm³/mol. The van der Waals surface area contributed by atoms with E-state index in [1.807, 2.05) is 13.8 Å². The molecule has 0 aromatic carbocycles. The highest BCUT2D eigenvalue weighted by atomic mass is 16.4. The van der Waals surface area contributed by atoms with E-state index in [9.17, 15) is 4.79 Å². The van der Waals surface area contributed by atoms with Gasteiger partial charge in [-0.2, -0.15) is 0 Å².